The summed E-state index contributed by atoms with van der Waals surface area (Å²) in [6, 6.07) is 0. The number of rotatable bonds is 1. The Morgan fingerprint density at radius 2 is 1.50 bits per heavy atom. The largest absolute Gasteiger partial charge is 0.692 e. The van der Waals surface area contributed by atoms with Crippen molar-refractivity contribution in [2.45, 2.75) is 0 Å². The molecule has 0 unspecified atom stereocenters. The Bertz CT molecular complexity index is 198. The van der Waals surface area contributed by atoms with Gasteiger partial charge in [-0.2, -0.15) is 0 Å². The molecule has 0 atom stereocenters. The van der Waals surface area contributed by atoms with Crippen LogP contribution in [0.3, 0.4) is 0 Å². The summed E-state index contributed by atoms with van der Waals surface area (Å²) < 4.78 is 18.0. The molecule has 7 N–H and O–H groups in total. The standard InChI is InChI=1S/C2H5NO2.CH5O3P.HO3P/c3-1-2(4)5;1-5(2,3)4;1-4(2)3/h1,3H2,(H,4,5);1H3,(H2,2,3,4);(H-,1,2,3)/p+1. The number of carboxylic acids is 1. The first kappa shape index (κ1) is 19.2. The number of hydrogen-bond donors (Lipinski definition) is 6. The van der Waals surface area contributed by atoms with Crippen LogP contribution in [-0.2, 0) is 13.9 Å². The van der Waals surface area contributed by atoms with Crippen molar-refractivity contribution < 1.29 is 38.6 Å². The number of carbonyl (C=O) groups is 1. The molecule has 0 aromatic carbocycles. The SMILES string of the molecule is CP(=O)(O)O.NCC(=O)O.O=[P+](O)O. The highest BCUT2D eigenvalue weighted by Crippen LogP contribution is 2.26. The summed E-state index contributed by atoms with van der Waals surface area (Å²) in [5.41, 5.74) is 4.57. The third kappa shape index (κ3) is 509. The molecule has 0 bridgehead atoms. The van der Waals surface area contributed by atoms with Crippen LogP contribution in [0.2, 0.25) is 0 Å². The second-order valence-electron chi connectivity index (χ2n) is 1.69. The molecule has 0 saturated heterocycles. The fraction of sp³-hybridized carbons (Fsp3) is 0.667. The fourth-order valence-corrected chi connectivity index (χ4v) is 0. The van der Waals surface area contributed by atoms with Gasteiger partial charge in [-0.25, -0.2) is 0 Å². The molecular weight excluding hydrogens is 240 g/mol. The molecule has 86 valence electrons. The zero-order valence-corrected chi connectivity index (χ0v) is 8.93. The fourth-order valence-electron chi connectivity index (χ4n) is 0. The monoisotopic (exact) mass is 252 g/mol. The Kier molecular flexibility index (Phi) is 14.7. The lowest BCUT2D eigenvalue weighted by Gasteiger charge is -1.84. The molecule has 0 aromatic rings. The lowest BCUT2D eigenvalue weighted by atomic mass is 10.7. The summed E-state index contributed by atoms with van der Waals surface area (Å²) in [7, 11) is -6.51. The molecular formula is C3H12NO8P2+. The van der Waals surface area contributed by atoms with Crippen LogP contribution in [0.5, 0.6) is 0 Å². The van der Waals surface area contributed by atoms with Crippen LogP contribution in [-0.4, -0.2) is 43.9 Å². The Morgan fingerprint density at radius 1 is 1.43 bits per heavy atom. The van der Waals surface area contributed by atoms with E-state index in [2.05, 4.69) is 5.73 Å². The maximum Gasteiger partial charge on any atom is 0.692 e. The van der Waals surface area contributed by atoms with Gasteiger partial charge in [0.25, 0.3) is 0 Å². The molecule has 0 aromatic heterocycles. The van der Waals surface area contributed by atoms with Crippen LogP contribution in [0.1, 0.15) is 0 Å². The van der Waals surface area contributed by atoms with E-state index in [0.29, 0.717) is 0 Å². The molecule has 0 aliphatic rings. The van der Waals surface area contributed by atoms with Crippen molar-refractivity contribution in [3.8, 4) is 0 Å². The van der Waals surface area contributed by atoms with Gasteiger partial charge in [0, 0.05) is 11.2 Å². The molecule has 9 nitrogen and oxygen atoms in total. The molecule has 0 radical (unpaired) electrons. The van der Waals surface area contributed by atoms with Gasteiger partial charge in [0.15, 0.2) is 0 Å². The van der Waals surface area contributed by atoms with E-state index in [1.165, 1.54) is 0 Å². The summed E-state index contributed by atoms with van der Waals surface area (Å²) in [4.78, 5) is 38.7. The zero-order chi connectivity index (χ0) is 12.4. The molecule has 0 spiro atoms. The van der Waals surface area contributed by atoms with Crippen molar-refractivity contribution in [3.05, 3.63) is 0 Å². The Balaban J connectivity index is -0.000000131. The highest BCUT2D eigenvalue weighted by atomic mass is 31.2. The number of carboxylic acid groups (broad SMARTS) is 1. The van der Waals surface area contributed by atoms with E-state index in [9.17, 15) is 9.36 Å². The molecule has 0 saturated carbocycles. The minimum atomic E-state index is -3.64. The van der Waals surface area contributed by atoms with Crippen LogP contribution in [0.15, 0.2) is 0 Å². The Hall–Kier alpha value is -0.400. The van der Waals surface area contributed by atoms with Crippen LogP contribution >= 0.6 is 15.9 Å². The maximum atomic E-state index is 9.33. The van der Waals surface area contributed by atoms with Gasteiger partial charge in [0.05, 0.1) is 6.54 Å². The summed E-state index contributed by atoms with van der Waals surface area (Å²) in [6.07, 6.45) is 0. The third-order valence-electron chi connectivity index (χ3n) is 0.175. The molecule has 0 heterocycles. The number of aliphatic carboxylic acids is 1. The predicted octanol–water partition coefficient (Wildman–Crippen LogP) is -1.55. The molecule has 0 rings (SSSR count). The van der Waals surface area contributed by atoms with Crippen LogP contribution < -0.4 is 5.73 Å². The molecule has 0 aliphatic carbocycles. The lowest BCUT2D eigenvalue weighted by Crippen LogP contribution is -2.10. The molecule has 0 fully saturated rings. The minimum absolute atomic E-state index is 0.278. The second-order valence-corrected chi connectivity index (χ2v) is 3.86. The Morgan fingerprint density at radius 3 is 1.50 bits per heavy atom. The highest BCUT2D eigenvalue weighted by molar-refractivity contribution is 7.50. The first-order valence-corrected chi connectivity index (χ1v) is 6.03. The van der Waals surface area contributed by atoms with E-state index >= 15 is 0 Å². The van der Waals surface area contributed by atoms with Crippen molar-refractivity contribution in [3.63, 3.8) is 0 Å². The zero-order valence-electron chi connectivity index (χ0n) is 7.14. The summed E-state index contributed by atoms with van der Waals surface area (Å²) in [6.45, 7) is 0.576. The van der Waals surface area contributed by atoms with Gasteiger partial charge < -0.3 is 20.6 Å². The predicted molar refractivity (Wildman–Crippen MR) is 46.7 cm³/mol. The number of hydrogen-bond acceptors (Lipinski definition) is 4. The average Bonchev–Trinajstić information content (AvgIpc) is 1.82. The van der Waals surface area contributed by atoms with Crippen LogP contribution in [0.25, 0.3) is 0 Å². The van der Waals surface area contributed by atoms with E-state index in [-0.39, 0.29) is 6.54 Å². The van der Waals surface area contributed by atoms with Crippen LogP contribution in [0.4, 0.5) is 0 Å². The molecule has 0 amide bonds. The first-order valence-electron chi connectivity index (χ1n) is 2.80. The first-order chi connectivity index (χ1) is 6.00. The lowest BCUT2D eigenvalue weighted by molar-refractivity contribution is -0.135. The normalized spacial score (nSPS) is 8.71. The van der Waals surface area contributed by atoms with E-state index in [1.807, 2.05) is 0 Å². The van der Waals surface area contributed by atoms with Gasteiger partial charge in [-0.15, -0.1) is 9.79 Å². The van der Waals surface area contributed by atoms with Crippen molar-refractivity contribution >= 4 is 21.8 Å². The molecule has 0 aliphatic heterocycles. The van der Waals surface area contributed by atoms with Crippen molar-refractivity contribution in [1.29, 1.82) is 0 Å². The van der Waals surface area contributed by atoms with E-state index in [4.69, 9.17) is 29.2 Å². The Labute approximate surface area is 80.3 Å². The summed E-state index contributed by atoms with van der Waals surface area (Å²) >= 11 is 0. The van der Waals surface area contributed by atoms with E-state index in [0.717, 1.165) is 6.66 Å². The quantitative estimate of drug-likeness (QED) is 0.301. The van der Waals surface area contributed by atoms with E-state index in [1.54, 1.807) is 0 Å². The van der Waals surface area contributed by atoms with Gasteiger partial charge in [-0.3, -0.25) is 9.36 Å². The highest BCUT2D eigenvalue weighted by Gasteiger charge is 1.95. The van der Waals surface area contributed by atoms with E-state index < -0.39 is 21.8 Å². The van der Waals surface area contributed by atoms with Gasteiger partial charge in [0.2, 0.25) is 0 Å². The topological polar surface area (TPSA) is 178 Å². The van der Waals surface area contributed by atoms with Gasteiger partial charge in [-0.1, -0.05) is 0 Å². The third-order valence-corrected chi connectivity index (χ3v) is 0.175. The molecule has 14 heavy (non-hydrogen) atoms. The summed E-state index contributed by atoms with van der Waals surface area (Å²) in [5.74, 6) is -0.968. The van der Waals surface area contributed by atoms with Crippen molar-refractivity contribution in [2.24, 2.45) is 5.73 Å². The van der Waals surface area contributed by atoms with Gasteiger partial charge >= 0.3 is 21.8 Å². The smallest absolute Gasteiger partial charge is 0.480 e. The summed E-state index contributed by atoms with van der Waals surface area (Å²) in [5, 5.41) is 7.60. The maximum absolute atomic E-state index is 9.33. The second kappa shape index (κ2) is 10.7. The molecule has 11 heteroatoms. The van der Waals surface area contributed by atoms with Gasteiger partial charge in [0.1, 0.15) is 0 Å². The van der Waals surface area contributed by atoms with Gasteiger partial charge in [-0.05, 0) is 0 Å². The minimum Gasteiger partial charge on any atom is -0.480 e. The average molecular weight is 252 g/mol. The number of nitrogens with two attached hydrogens (primary N) is 1. The van der Waals surface area contributed by atoms with Crippen molar-refractivity contribution in [1.82, 2.24) is 0 Å². The van der Waals surface area contributed by atoms with Crippen LogP contribution in [0, 0.1) is 0 Å². The van der Waals surface area contributed by atoms with Crippen molar-refractivity contribution in [2.75, 3.05) is 13.2 Å².